The van der Waals surface area contributed by atoms with Crippen LogP contribution in [-0.4, -0.2) is 80.9 Å². The number of phenolic OH excluding ortho intramolecular Hbond substituents is 1. The van der Waals surface area contributed by atoms with Gasteiger partial charge in [-0.3, -0.25) is 19.3 Å². The number of aromatic hydroxyl groups is 1. The number of rotatable bonds is 6. The predicted molar refractivity (Wildman–Crippen MR) is 137 cm³/mol. The zero-order valence-corrected chi connectivity index (χ0v) is 22.0. The van der Waals surface area contributed by atoms with Gasteiger partial charge in [-0.05, 0) is 63.4 Å². The summed E-state index contributed by atoms with van der Waals surface area (Å²) in [4.78, 5) is 46.1. The van der Waals surface area contributed by atoms with E-state index in [0.29, 0.717) is 23.4 Å². The van der Waals surface area contributed by atoms with Crippen LogP contribution in [-0.2, 0) is 20.8 Å². The van der Waals surface area contributed by atoms with Gasteiger partial charge in [0.05, 0.1) is 17.3 Å². The Morgan fingerprint density at radius 1 is 1.24 bits per heavy atom. The molecule has 0 radical (unpaired) electrons. The van der Waals surface area contributed by atoms with Crippen molar-refractivity contribution in [1.82, 2.24) is 4.90 Å². The first-order valence-electron chi connectivity index (χ1n) is 12.4. The summed E-state index contributed by atoms with van der Waals surface area (Å²) in [6, 6.07) is 1.93. The maximum absolute atomic E-state index is 13.7. The molecule has 6 N–H and O–H groups in total. The lowest BCUT2D eigenvalue weighted by molar-refractivity contribution is -0.148. The van der Waals surface area contributed by atoms with E-state index < -0.39 is 58.0 Å². The fraction of sp³-hybridized carbons (Fsp3) is 0.481. The van der Waals surface area contributed by atoms with Gasteiger partial charge < -0.3 is 31.0 Å². The number of phenols is 1. The number of aliphatic hydroxyl groups is 3. The Hall–Kier alpha value is -3.70. The van der Waals surface area contributed by atoms with Gasteiger partial charge in [0.2, 0.25) is 5.78 Å². The molecule has 38 heavy (non-hydrogen) atoms. The van der Waals surface area contributed by atoms with Gasteiger partial charge in [-0.25, -0.2) is 0 Å². The Bertz CT molecular complexity index is 1330. The van der Waals surface area contributed by atoms with Crippen LogP contribution in [0.4, 0.5) is 0 Å². The van der Waals surface area contributed by atoms with Gasteiger partial charge in [0.1, 0.15) is 29.4 Å². The van der Waals surface area contributed by atoms with Crippen LogP contribution in [0.15, 0.2) is 40.0 Å². The van der Waals surface area contributed by atoms with Crippen LogP contribution in [0.25, 0.3) is 0 Å². The van der Waals surface area contributed by atoms with Crippen LogP contribution < -0.4 is 5.73 Å². The highest BCUT2D eigenvalue weighted by atomic mass is 16.6. The number of benzene rings is 1. The molecule has 3 aliphatic rings. The van der Waals surface area contributed by atoms with Crippen LogP contribution >= 0.6 is 0 Å². The van der Waals surface area contributed by atoms with Crippen LogP contribution in [0.1, 0.15) is 48.7 Å². The zero-order valence-electron chi connectivity index (χ0n) is 22.0. The van der Waals surface area contributed by atoms with Gasteiger partial charge in [-0.2, -0.15) is 0 Å². The normalized spacial score (nSPS) is 27.5. The lowest BCUT2D eigenvalue weighted by Crippen LogP contribution is -2.63. The third-order valence-corrected chi connectivity index (χ3v) is 7.61. The molecule has 11 heteroatoms. The number of carbonyl (C=O) groups is 3. The summed E-state index contributed by atoms with van der Waals surface area (Å²) < 4.78 is 0. The summed E-state index contributed by atoms with van der Waals surface area (Å²) in [7, 11) is 3.17. The highest BCUT2D eigenvalue weighted by molar-refractivity contribution is 6.25. The summed E-state index contributed by atoms with van der Waals surface area (Å²) in [5.41, 5.74) is 3.14. The molecule has 0 fully saturated rings. The Balaban J connectivity index is 1.88. The third kappa shape index (κ3) is 3.97. The quantitative estimate of drug-likeness (QED) is 0.208. The maximum atomic E-state index is 13.7. The minimum absolute atomic E-state index is 0.0148. The van der Waals surface area contributed by atoms with Crippen molar-refractivity contribution in [3.63, 3.8) is 0 Å². The van der Waals surface area contributed by atoms with Crippen molar-refractivity contribution >= 4 is 23.2 Å². The molecule has 4 rings (SSSR count). The number of aliphatic hydroxyl groups excluding tert-OH is 2. The first-order valence-corrected chi connectivity index (χ1v) is 12.4. The Kier molecular flexibility index (Phi) is 6.87. The van der Waals surface area contributed by atoms with E-state index in [1.165, 1.54) is 11.0 Å². The predicted octanol–water partition coefficient (Wildman–Crippen LogP) is 1.52. The molecule has 0 heterocycles. The lowest BCUT2D eigenvalue weighted by atomic mass is 9.58. The van der Waals surface area contributed by atoms with Crippen LogP contribution in [0.3, 0.4) is 0 Å². The molecule has 0 saturated heterocycles. The maximum Gasteiger partial charge on any atom is 0.255 e. The van der Waals surface area contributed by atoms with Crippen molar-refractivity contribution in [2.75, 3.05) is 20.7 Å². The van der Waals surface area contributed by atoms with Crippen LogP contribution in [0.2, 0.25) is 0 Å². The number of carbonyl (C=O) groups excluding carboxylic acids is 3. The van der Waals surface area contributed by atoms with Crippen molar-refractivity contribution in [1.29, 1.82) is 0 Å². The van der Waals surface area contributed by atoms with E-state index in [9.17, 15) is 34.8 Å². The molecule has 4 atom stereocenters. The topological polar surface area (TPSA) is 183 Å². The number of ketones is 2. The number of amides is 1. The molecule has 1 amide bonds. The largest absolute Gasteiger partial charge is 0.510 e. The monoisotopic (exact) mass is 527 g/mol. The van der Waals surface area contributed by atoms with E-state index in [1.807, 2.05) is 13.8 Å². The molecule has 0 unspecified atom stereocenters. The van der Waals surface area contributed by atoms with Crippen LogP contribution in [0.5, 0.6) is 5.75 Å². The third-order valence-electron chi connectivity index (χ3n) is 7.61. The van der Waals surface area contributed by atoms with Crippen molar-refractivity contribution in [2.24, 2.45) is 28.6 Å². The summed E-state index contributed by atoms with van der Waals surface area (Å²) in [5, 5.41) is 48.6. The number of nitrogens with zero attached hydrogens (tertiary/aromatic N) is 2. The smallest absolute Gasteiger partial charge is 0.255 e. The van der Waals surface area contributed by atoms with Crippen molar-refractivity contribution in [3.8, 4) is 5.75 Å². The summed E-state index contributed by atoms with van der Waals surface area (Å²) in [6.45, 7) is 6.07. The van der Waals surface area contributed by atoms with Crippen molar-refractivity contribution in [2.45, 2.75) is 45.3 Å². The average molecular weight is 528 g/mol. The first kappa shape index (κ1) is 27.3. The number of primary amides is 1. The van der Waals surface area contributed by atoms with Gasteiger partial charge in [-0.15, -0.1) is 0 Å². The molecule has 204 valence electrons. The fourth-order valence-corrected chi connectivity index (χ4v) is 5.92. The van der Waals surface area contributed by atoms with E-state index in [2.05, 4.69) is 5.16 Å². The van der Waals surface area contributed by atoms with Crippen molar-refractivity contribution in [3.05, 3.63) is 51.5 Å². The number of nitrogens with two attached hydrogens (primary N) is 1. The SMILES string of the molecule is C/C(=N/OCC(C)C)c1ccc(O)c2c1C[C@H]1C[C@H]3[C@H](N(C)C)C(O)=C(C(N)=O)C(=O)[C@@]3(O)C(O)=C1C2=O. The minimum Gasteiger partial charge on any atom is -0.510 e. The van der Waals surface area contributed by atoms with E-state index in [4.69, 9.17) is 10.6 Å². The summed E-state index contributed by atoms with van der Waals surface area (Å²) >= 11 is 0. The lowest BCUT2D eigenvalue weighted by Gasteiger charge is -2.50. The fourth-order valence-electron chi connectivity index (χ4n) is 5.92. The molecule has 11 nitrogen and oxygen atoms in total. The Labute approximate surface area is 219 Å². The van der Waals surface area contributed by atoms with E-state index in [0.717, 1.165) is 0 Å². The molecule has 0 bridgehead atoms. The number of allylic oxidation sites excluding steroid dienone is 1. The highest BCUT2D eigenvalue weighted by Crippen LogP contribution is 2.52. The van der Waals surface area contributed by atoms with Crippen LogP contribution in [0, 0.1) is 17.8 Å². The van der Waals surface area contributed by atoms with Gasteiger partial charge in [-0.1, -0.05) is 19.0 Å². The van der Waals surface area contributed by atoms with Gasteiger partial charge in [0.25, 0.3) is 5.91 Å². The summed E-state index contributed by atoms with van der Waals surface area (Å²) in [6.07, 6.45) is 0.191. The number of likely N-dealkylation sites (N-methyl/N-ethyl adjacent to an activating group) is 1. The van der Waals surface area contributed by atoms with E-state index >= 15 is 0 Å². The molecule has 1 aromatic rings. The number of Topliss-reactive ketones (excluding diaryl/α,β-unsaturated/α-hetero) is 2. The Morgan fingerprint density at radius 2 is 1.89 bits per heavy atom. The first-order chi connectivity index (χ1) is 17.7. The molecule has 0 aromatic heterocycles. The number of oxime groups is 1. The number of hydrogen-bond donors (Lipinski definition) is 5. The Morgan fingerprint density at radius 3 is 2.47 bits per heavy atom. The molecule has 3 aliphatic carbocycles. The minimum atomic E-state index is -2.67. The van der Waals surface area contributed by atoms with E-state index in [-0.39, 0.29) is 35.6 Å². The molecule has 0 spiro atoms. The second-order valence-electron chi connectivity index (χ2n) is 10.8. The molecule has 0 aliphatic heterocycles. The van der Waals surface area contributed by atoms with Gasteiger partial charge in [0.15, 0.2) is 11.4 Å². The standard InChI is InChI=1S/C27H33N3O8/c1-11(2)10-38-29-12(3)14-6-7-17(31)19-15(14)8-13-9-16-21(30(4)5)23(33)20(26(28)36)25(35)27(16,37)24(34)18(13)22(19)32/h6-7,11,13,16,21,31,33-34,37H,8-10H2,1-5H3,(H2,28,36)/b29-12-/t13-,16-,21-,27-/m0/s1. The second kappa shape index (κ2) is 9.55. The molecule has 0 saturated carbocycles. The zero-order chi connectivity index (χ0) is 28.3. The van der Waals surface area contributed by atoms with Gasteiger partial charge in [0, 0.05) is 17.1 Å². The number of fused-ring (bicyclic) bond motifs is 3. The number of hydrogen-bond acceptors (Lipinski definition) is 10. The van der Waals surface area contributed by atoms with E-state index in [1.54, 1.807) is 27.1 Å². The molecular formula is C27H33N3O8. The molecular weight excluding hydrogens is 494 g/mol. The average Bonchev–Trinajstić information content (AvgIpc) is 2.80. The second-order valence-corrected chi connectivity index (χ2v) is 10.8. The summed E-state index contributed by atoms with van der Waals surface area (Å²) in [5.74, 6) is -6.60. The van der Waals surface area contributed by atoms with Crippen molar-refractivity contribution < 1.29 is 39.6 Å². The van der Waals surface area contributed by atoms with Gasteiger partial charge >= 0.3 is 0 Å². The molecule has 1 aromatic carbocycles. The highest BCUT2D eigenvalue weighted by Gasteiger charge is 2.63.